The Balaban J connectivity index is 1.72. The van der Waals surface area contributed by atoms with Gasteiger partial charge in [-0.25, -0.2) is 4.98 Å². The Morgan fingerprint density at radius 2 is 2.04 bits per heavy atom. The Morgan fingerprint density at radius 3 is 2.70 bits per heavy atom. The maximum absolute atomic E-state index is 13.1. The quantitative estimate of drug-likeness (QED) is 0.797. The summed E-state index contributed by atoms with van der Waals surface area (Å²) in [7, 11) is 1.66. The van der Waals surface area contributed by atoms with E-state index in [9.17, 15) is 4.79 Å². The lowest BCUT2D eigenvalue weighted by Crippen LogP contribution is -2.50. The van der Waals surface area contributed by atoms with Crippen molar-refractivity contribution in [3.05, 3.63) is 35.7 Å². The van der Waals surface area contributed by atoms with Crippen LogP contribution in [0.4, 0.5) is 0 Å². The number of aryl methyl sites for hydroxylation is 1. The van der Waals surface area contributed by atoms with Crippen molar-refractivity contribution in [1.82, 2.24) is 19.7 Å². The molecule has 1 aromatic carbocycles. The maximum atomic E-state index is 13.1. The molecule has 0 aliphatic carbocycles. The van der Waals surface area contributed by atoms with Gasteiger partial charge in [-0.2, -0.15) is 4.68 Å². The molecule has 4 rings (SSSR count). The largest absolute Gasteiger partial charge is 0.497 e. The number of aromatic nitrogens is 3. The number of carbonyl (C=O) groups excluding carboxylic acids is 1. The molecule has 0 N–H and O–H groups in total. The Labute approximate surface area is 163 Å². The van der Waals surface area contributed by atoms with E-state index >= 15 is 0 Å². The van der Waals surface area contributed by atoms with E-state index in [-0.39, 0.29) is 29.4 Å². The predicted octanol–water partition coefficient (Wildman–Crippen LogP) is 2.56. The third-order valence-corrected chi connectivity index (χ3v) is 6.12. The first-order valence-electron chi connectivity index (χ1n) is 9.14. The number of ether oxygens (including phenoxy) is 2. The first-order chi connectivity index (χ1) is 13.0. The van der Waals surface area contributed by atoms with Gasteiger partial charge in [0.15, 0.2) is 5.16 Å². The lowest BCUT2D eigenvalue weighted by atomic mass is 9.99. The molecule has 1 fully saturated rings. The van der Waals surface area contributed by atoms with Gasteiger partial charge in [-0.1, -0.05) is 23.9 Å². The van der Waals surface area contributed by atoms with Crippen molar-refractivity contribution in [3.63, 3.8) is 0 Å². The van der Waals surface area contributed by atoms with Gasteiger partial charge >= 0.3 is 0 Å². The Hall–Kier alpha value is -1.90. The minimum Gasteiger partial charge on any atom is -0.497 e. The lowest BCUT2D eigenvalue weighted by molar-refractivity contribution is -0.0804. The molecular weight excluding hydrogens is 364 g/mol. The SMILES string of the molecule is COc1cccc(C(C2Sc3nc(C)nn3C2=O)N2CC(C)OC(C)C2)c1. The summed E-state index contributed by atoms with van der Waals surface area (Å²) in [4.78, 5) is 19.9. The third kappa shape index (κ3) is 3.49. The molecule has 4 unspecified atom stereocenters. The molecule has 2 aliphatic rings. The van der Waals surface area contributed by atoms with Gasteiger partial charge in [0.2, 0.25) is 0 Å². The molecule has 2 aliphatic heterocycles. The molecule has 3 heterocycles. The zero-order chi connectivity index (χ0) is 19.1. The number of hydrogen-bond acceptors (Lipinski definition) is 7. The normalized spacial score (nSPS) is 26.8. The number of hydrogen-bond donors (Lipinski definition) is 0. The van der Waals surface area contributed by atoms with Crippen LogP contribution in [0.3, 0.4) is 0 Å². The van der Waals surface area contributed by atoms with Crippen molar-refractivity contribution >= 4 is 17.7 Å². The second-order valence-corrected chi connectivity index (χ2v) is 8.27. The van der Waals surface area contributed by atoms with Gasteiger partial charge < -0.3 is 9.47 Å². The fraction of sp³-hybridized carbons (Fsp3) is 0.526. The molecule has 27 heavy (non-hydrogen) atoms. The van der Waals surface area contributed by atoms with Crippen molar-refractivity contribution in [1.29, 1.82) is 0 Å². The van der Waals surface area contributed by atoms with Crippen molar-refractivity contribution in [2.45, 2.75) is 49.4 Å². The van der Waals surface area contributed by atoms with Crippen LogP contribution in [0.15, 0.2) is 29.4 Å². The molecule has 0 radical (unpaired) electrons. The van der Waals surface area contributed by atoms with Crippen LogP contribution >= 0.6 is 11.8 Å². The summed E-state index contributed by atoms with van der Waals surface area (Å²) in [6.07, 6.45) is 0.224. The molecule has 2 aromatic rings. The highest BCUT2D eigenvalue weighted by Crippen LogP contribution is 2.42. The zero-order valence-electron chi connectivity index (χ0n) is 16.0. The van der Waals surface area contributed by atoms with E-state index in [4.69, 9.17) is 9.47 Å². The standard InChI is InChI=1S/C19H24N4O3S/c1-11-9-22(10-12(2)26-11)16(14-6-5-7-15(8-14)25-4)17-18(24)23-19(27-17)20-13(3)21-23/h5-8,11-12,16-17H,9-10H2,1-4H3. The van der Waals surface area contributed by atoms with Gasteiger partial charge in [0.1, 0.15) is 16.8 Å². The number of thioether (sulfide) groups is 1. The predicted molar refractivity (Wildman–Crippen MR) is 102 cm³/mol. The van der Waals surface area contributed by atoms with Crippen molar-refractivity contribution < 1.29 is 14.3 Å². The van der Waals surface area contributed by atoms with Gasteiger partial charge in [-0.3, -0.25) is 9.69 Å². The van der Waals surface area contributed by atoms with E-state index < -0.39 is 0 Å². The highest BCUT2D eigenvalue weighted by molar-refractivity contribution is 8.00. The van der Waals surface area contributed by atoms with E-state index in [0.29, 0.717) is 11.0 Å². The van der Waals surface area contributed by atoms with Crippen LogP contribution in [0.25, 0.3) is 0 Å². The van der Waals surface area contributed by atoms with Crippen LogP contribution in [-0.4, -0.2) is 63.2 Å². The molecule has 0 bridgehead atoms. The molecule has 0 spiro atoms. The number of carbonyl (C=O) groups is 1. The summed E-state index contributed by atoms with van der Waals surface area (Å²) in [5.41, 5.74) is 1.06. The number of fused-ring (bicyclic) bond motifs is 1. The highest BCUT2D eigenvalue weighted by atomic mass is 32.2. The number of rotatable bonds is 4. The molecule has 0 amide bonds. The number of methoxy groups -OCH3 is 1. The average molecular weight is 388 g/mol. The van der Waals surface area contributed by atoms with Gasteiger partial charge in [0.25, 0.3) is 5.91 Å². The first-order valence-corrected chi connectivity index (χ1v) is 10.0. The van der Waals surface area contributed by atoms with Gasteiger partial charge in [-0.05, 0) is 38.5 Å². The minimum atomic E-state index is -0.301. The van der Waals surface area contributed by atoms with Crippen LogP contribution in [0, 0.1) is 6.92 Å². The molecule has 8 heteroatoms. The average Bonchev–Trinajstić information content (AvgIpc) is 3.12. The fourth-order valence-electron chi connectivity index (χ4n) is 3.95. The number of morpholine rings is 1. The Morgan fingerprint density at radius 1 is 1.30 bits per heavy atom. The summed E-state index contributed by atoms with van der Waals surface area (Å²) in [6.45, 7) is 7.49. The van der Waals surface area contributed by atoms with Gasteiger partial charge in [0.05, 0.1) is 25.4 Å². The minimum absolute atomic E-state index is 0.0183. The molecule has 1 aromatic heterocycles. The second-order valence-electron chi connectivity index (χ2n) is 7.16. The maximum Gasteiger partial charge on any atom is 0.264 e. The highest BCUT2D eigenvalue weighted by Gasteiger charge is 2.44. The monoisotopic (exact) mass is 388 g/mol. The van der Waals surface area contributed by atoms with Crippen LogP contribution in [-0.2, 0) is 4.74 Å². The number of benzene rings is 1. The molecule has 1 saturated heterocycles. The zero-order valence-corrected chi connectivity index (χ0v) is 16.8. The summed E-state index contributed by atoms with van der Waals surface area (Å²) >= 11 is 1.49. The van der Waals surface area contributed by atoms with Gasteiger partial charge in [0, 0.05) is 13.1 Å². The summed E-state index contributed by atoms with van der Waals surface area (Å²) in [5.74, 6) is 1.39. The first kappa shape index (κ1) is 18.5. The van der Waals surface area contributed by atoms with Crippen molar-refractivity contribution in [2.24, 2.45) is 0 Å². The molecule has 4 atom stereocenters. The summed E-state index contributed by atoms with van der Waals surface area (Å²) < 4.78 is 12.8. The number of nitrogens with zero attached hydrogens (tertiary/aromatic N) is 4. The summed E-state index contributed by atoms with van der Waals surface area (Å²) in [5, 5.41) is 4.64. The summed E-state index contributed by atoms with van der Waals surface area (Å²) in [6, 6.07) is 7.87. The Bertz CT molecular complexity index is 845. The molecule has 144 valence electrons. The third-order valence-electron chi connectivity index (χ3n) is 4.93. The van der Waals surface area contributed by atoms with Crippen LogP contribution in [0.5, 0.6) is 5.75 Å². The van der Waals surface area contributed by atoms with E-state index in [0.717, 1.165) is 24.4 Å². The smallest absolute Gasteiger partial charge is 0.264 e. The topological polar surface area (TPSA) is 69.5 Å². The van der Waals surface area contributed by atoms with E-state index in [1.807, 2.05) is 18.2 Å². The van der Waals surface area contributed by atoms with Crippen molar-refractivity contribution in [3.8, 4) is 5.75 Å². The lowest BCUT2D eigenvalue weighted by Gasteiger charge is -2.41. The molecule has 0 saturated carbocycles. The van der Waals surface area contributed by atoms with Crippen LogP contribution in [0.2, 0.25) is 0 Å². The van der Waals surface area contributed by atoms with Gasteiger partial charge in [-0.15, -0.1) is 5.10 Å². The van der Waals surface area contributed by atoms with E-state index in [2.05, 4.69) is 34.9 Å². The van der Waals surface area contributed by atoms with E-state index in [1.165, 1.54) is 16.4 Å². The molecular formula is C19H24N4O3S. The van der Waals surface area contributed by atoms with Crippen LogP contribution in [0.1, 0.15) is 36.1 Å². The molecule has 7 nitrogen and oxygen atoms in total. The van der Waals surface area contributed by atoms with Crippen molar-refractivity contribution in [2.75, 3.05) is 20.2 Å². The second kappa shape index (κ2) is 7.26. The van der Waals surface area contributed by atoms with E-state index in [1.54, 1.807) is 14.0 Å². The Kier molecular flexibility index (Phi) is 4.96. The van der Waals surface area contributed by atoms with Crippen LogP contribution < -0.4 is 4.74 Å². The fourth-order valence-corrected chi connectivity index (χ4v) is 5.25.